The summed E-state index contributed by atoms with van der Waals surface area (Å²) in [6.45, 7) is 5.98. The fourth-order valence-corrected chi connectivity index (χ4v) is 5.08. The Balaban J connectivity index is 1.17. The van der Waals surface area contributed by atoms with Crippen LogP contribution in [0.4, 0.5) is 19.3 Å². The van der Waals surface area contributed by atoms with Crippen LogP contribution in [0.2, 0.25) is 0 Å². The van der Waals surface area contributed by atoms with Crippen molar-refractivity contribution in [3.8, 4) is 23.0 Å². The monoisotopic (exact) mass is 633 g/mol. The highest BCUT2D eigenvalue weighted by atomic mass is 19.1. The number of aromatic nitrogens is 1. The minimum absolute atomic E-state index is 0.0783. The van der Waals surface area contributed by atoms with Crippen LogP contribution in [0.5, 0.6) is 23.0 Å². The summed E-state index contributed by atoms with van der Waals surface area (Å²) in [5.41, 5.74) is 1.24. The van der Waals surface area contributed by atoms with Gasteiger partial charge in [0.05, 0.1) is 25.7 Å². The third-order valence-corrected chi connectivity index (χ3v) is 7.65. The van der Waals surface area contributed by atoms with E-state index in [1.54, 1.807) is 31.5 Å². The van der Waals surface area contributed by atoms with E-state index in [0.717, 1.165) is 51.6 Å². The zero-order chi connectivity index (χ0) is 32.5. The minimum Gasteiger partial charge on any atom is -0.493 e. The molecular formula is C34H37F2N5O5. The molecule has 1 aliphatic rings. The van der Waals surface area contributed by atoms with Gasteiger partial charge in [-0.25, -0.2) is 13.6 Å². The molecule has 12 heteroatoms. The smallest absolute Gasteiger partial charge is 0.325 e. The van der Waals surface area contributed by atoms with Gasteiger partial charge in [0.25, 0.3) is 0 Å². The number of hydrogen-bond donors (Lipinski definition) is 2. The molecule has 1 fully saturated rings. The molecule has 2 heterocycles. The van der Waals surface area contributed by atoms with Gasteiger partial charge < -0.3 is 29.3 Å². The molecule has 10 nitrogen and oxygen atoms in total. The molecule has 2 N–H and O–H groups in total. The van der Waals surface area contributed by atoms with Crippen molar-refractivity contribution < 1.29 is 32.6 Å². The van der Waals surface area contributed by atoms with Gasteiger partial charge >= 0.3 is 6.03 Å². The number of nitrogens with zero attached hydrogens (tertiary/aromatic N) is 3. The van der Waals surface area contributed by atoms with Crippen molar-refractivity contribution in [2.75, 3.05) is 58.8 Å². The van der Waals surface area contributed by atoms with E-state index in [-0.39, 0.29) is 17.9 Å². The number of methoxy groups -OCH3 is 1. The number of imide groups is 1. The summed E-state index contributed by atoms with van der Waals surface area (Å²) in [4.78, 5) is 33.7. The molecule has 4 aromatic rings. The SMILES string of the molecule is COc1cc2c(Oc3ccc(NC(=O)NC(=O)Cc4ccc(F)cc4)cc3F)ccnc2cc1OCCCCN1CCN(C)CC1. The van der Waals surface area contributed by atoms with Crippen LogP contribution in [0.1, 0.15) is 18.4 Å². The first kappa shape index (κ1) is 32.6. The predicted octanol–water partition coefficient (Wildman–Crippen LogP) is 5.61. The molecule has 0 saturated carbocycles. The summed E-state index contributed by atoms with van der Waals surface area (Å²) in [6, 6.07) is 13.6. The number of rotatable bonds is 12. The molecule has 3 aromatic carbocycles. The number of pyridine rings is 1. The van der Waals surface area contributed by atoms with E-state index in [4.69, 9.17) is 14.2 Å². The topological polar surface area (TPSA) is 105 Å². The Morgan fingerprint density at radius 3 is 2.41 bits per heavy atom. The van der Waals surface area contributed by atoms with E-state index in [2.05, 4.69) is 32.5 Å². The van der Waals surface area contributed by atoms with E-state index >= 15 is 4.39 Å². The van der Waals surface area contributed by atoms with Crippen LogP contribution in [0, 0.1) is 11.6 Å². The van der Waals surface area contributed by atoms with E-state index in [1.807, 2.05) is 0 Å². The van der Waals surface area contributed by atoms with E-state index < -0.39 is 23.6 Å². The Morgan fingerprint density at radius 1 is 0.891 bits per heavy atom. The Bertz CT molecular complexity index is 1660. The third kappa shape index (κ3) is 8.89. The molecule has 3 amide bonds. The number of hydrogen-bond acceptors (Lipinski definition) is 8. The Labute approximate surface area is 266 Å². The van der Waals surface area contributed by atoms with Gasteiger partial charge in [0.2, 0.25) is 5.91 Å². The molecule has 0 bridgehead atoms. The number of fused-ring (bicyclic) bond motifs is 1. The molecule has 1 aromatic heterocycles. The first-order chi connectivity index (χ1) is 22.3. The lowest BCUT2D eigenvalue weighted by Gasteiger charge is -2.32. The van der Waals surface area contributed by atoms with Crippen molar-refractivity contribution in [2.45, 2.75) is 19.3 Å². The predicted molar refractivity (Wildman–Crippen MR) is 171 cm³/mol. The van der Waals surface area contributed by atoms with Crippen LogP contribution in [0.15, 0.2) is 66.9 Å². The molecular weight excluding hydrogens is 596 g/mol. The molecule has 242 valence electrons. The summed E-state index contributed by atoms with van der Waals surface area (Å²) in [5.74, 6) is -0.413. The van der Waals surface area contributed by atoms with Gasteiger partial charge in [-0.2, -0.15) is 0 Å². The maximum absolute atomic E-state index is 15.1. The average molecular weight is 634 g/mol. The maximum atomic E-state index is 15.1. The fraction of sp³-hybridized carbons (Fsp3) is 0.324. The molecule has 0 atom stereocenters. The zero-order valence-corrected chi connectivity index (χ0v) is 25.9. The summed E-state index contributed by atoms with van der Waals surface area (Å²) >= 11 is 0. The largest absolute Gasteiger partial charge is 0.493 e. The normalized spacial score (nSPS) is 13.7. The Kier molecular flexibility index (Phi) is 10.9. The number of carbonyl (C=O) groups excluding carboxylic acids is 2. The molecule has 1 saturated heterocycles. The van der Waals surface area contributed by atoms with Crippen LogP contribution >= 0.6 is 0 Å². The van der Waals surface area contributed by atoms with Crippen molar-refractivity contribution >= 4 is 28.5 Å². The molecule has 1 aliphatic heterocycles. The van der Waals surface area contributed by atoms with E-state index in [1.165, 1.54) is 36.4 Å². The number of unbranched alkanes of at least 4 members (excludes halogenated alkanes) is 1. The van der Waals surface area contributed by atoms with Crippen LogP contribution in [0.3, 0.4) is 0 Å². The van der Waals surface area contributed by atoms with Crippen LogP contribution in [0.25, 0.3) is 10.9 Å². The highest BCUT2D eigenvalue weighted by Crippen LogP contribution is 2.38. The Morgan fingerprint density at radius 2 is 1.67 bits per heavy atom. The minimum atomic E-state index is -0.833. The second-order valence-electron chi connectivity index (χ2n) is 11.1. The Hall–Kier alpha value is -4.81. The molecule has 0 unspecified atom stereocenters. The number of likely N-dealkylation sites (N-methyl/N-ethyl adjacent to an activating group) is 1. The summed E-state index contributed by atoms with van der Waals surface area (Å²) in [6.07, 6.45) is 3.38. The number of anilines is 1. The maximum Gasteiger partial charge on any atom is 0.325 e. The van der Waals surface area contributed by atoms with Gasteiger partial charge in [0.15, 0.2) is 23.1 Å². The number of amides is 3. The van der Waals surface area contributed by atoms with Crippen LogP contribution in [-0.4, -0.2) is 80.2 Å². The van der Waals surface area contributed by atoms with Crippen molar-refractivity contribution in [3.63, 3.8) is 0 Å². The lowest BCUT2D eigenvalue weighted by molar-refractivity contribution is -0.119. The molecule has 0 aliphatic carbocycles. The van der Waals surface area contributed by atoms with E-state index in [0.29, 0.717) is 40.3 Å². The van der Waals surface area contributed by atoms with Gasteiger partial charge in [0.1, 0.15) is 11.6 Å². The van der Waals surface area contributed by atoms with Gasteiger partial charge in [-0.15, -0.1) is 0 Å². The lowest BCUT2D eigenvalue weighted by Crippen LogP contribution is -2.44. The second-order valence-corrected chi connectivity index (χ2v) is 11.1. The van der Waals surface area contributed by atoms with Crippen molar-refractivity contribution in [3.05, 3.63) is 84.1 Å². The molecule has 46 heavy (non-hydrogen) atoms. The first-order valence-electron chi connectivity index (χ1n) is 15.1. The van der Waals surface area contributed by atoms with Gasteiger partial charge in [-0.3, -0.25) is 15.1 Å². The highest BCUT2D eigenvalue weighted by molar-refractivity contribution is 6.01. The quantitative estimate of drug-likeness (QED) is 0.194. The van der Waals surface area contributed by atoms with Crippen LogP contribution < -0.4 is 24.8 Å². The summed E-state index contributed by atoms with van der Waals surface area (Å²) in [7, 11) is 3.70. The molecule has 5 rings (SSSR count). The van der Waals surface area contributed by atoms with Crippen LogP contribution in [-0.2, 0) is 11.2 Å². The molecule has 0 radical (unpaired) electrons. The number of urea groups is 1. The second kappa shape index (κ2) is 15.5. The van der Waals surface area contributed by atoms with Gasteiger partial charge in [-0.05, 0) is 68.4 Å². The van der Waals surface area contributed by atoms with Gasteiger partial charge in [-0.1, -0.05) is 12.1 Å². The fourth-order valence-electron chi connectivity index (χ4n) is 5.08. The number of piperazine rings is 1. The van der Waals surface area contributed by atoms with E-state index in [9.17, 15) is 14.0 Å². The zero-order valence-electron chi connectivity index (χ0n) is 25.9. The summed E-state index contributed by atoms with van der Waals surface area (Å²) in [5, 5.41) is 5.19. The third-order valence-electron chi connectivity index (χ3n) is 7.65. The number of carbonyl (C=O) groups is 2. The van der Waals surface area contributed by atoms with Gasteiger partial charge in [0, 0.05) is 55.6 Å². The number of benzene rings is 3. The van der Waals surface area contributed by atoms with Crippen molar-refractivity contribution in [1.29, 1.82) is 0 Å². The first-order valence-corrected chi connectivity index (χ1v) is 15.1. The number of ether oxygens (including phenoxy) is 3. The molecule has 0 spiro atoms. The number of halogens is 2. The number of nitrogens with one attached hydrogen (secondary N) is 2. The van der Waals surface area contributed by atoms with Crippen molar-refractivity contribution in [2.24, 2.45) is 0 Å². The average Bonchev–Trinajstić information content (AvgIpc) is 3.03. The lowest BCUT2D eigenvalue weighted by atomic mass is 10.1. The van der Waals surface area contributed by atoms with Crippen molar-refractivity contribution in [1.82, 2.24) is 20.1 Å². The standard InChI is InChI=1S/C34H37F2N5O5/c1-40-14-16-41(17-15-40)13-3-4-18-45-32-22-28-26(21-31(32)44-2)29(11-12-37-28)46-30-10-9-25(20-27(30)36)38-34(43)39-33(42)19-23-5-7-24(35)8-6-23/h5-12,20-22H,3-4,13-19H2,1-2H3,(H2,38,39,42,43). The summed E-state index contributed by atoms with van der Waals surface area (Å²) < 4.78 is 45.7. The highest BCUT2D eigenvalue weighted by Gasteiger charge is 2.16.